The standard InChI is InChI=1S/C27H44O2/c1-7-27(10-8-9-11-27)29-25(28)22-15-19-14-21(22)24-20(16-26(4,5)6)13-18(23(19)24)12-17(2)3/h12,18-24H,7-11,13-16H2,1-6H3. The van der Waals surface area contributed by atoms with Gasteiger partial charge in [-0.25, -0.2) is 0 Å². The van der Waals surface area contributed by atoms with Crippen LogP contribution in [0.25, 0.3) is 0 Å². The number of fused-ring (bicyclic) bond motifs is 5. The highest BCUT2D eigenvalue weighted by atomic mass is 16.6. The molecule has 4 aliphatic rings. The third-order valence-corrected chi connectivity index (χ3v) is 8.95. The minimum atomic E-state index is -0.136. The molecule has 0 aromatic carbocycles. The topological polar surface area (TPSA) is 26.3 Å². The second-order valence-corrected chi connectivity index (χ2v) is 12.5. The van der Waals surface area contributed by atoms with Crippen LogP contribution < -0.4 is 0 Å². The van der Waals surface area contributed by atoms with Crippen molar-refractivity contribution >= 4 is 5.97 Å². The monoisotopic (exact) mass is 400 g/mol. The fourth-order valence-electron chi connectivity index (χ4n) is 8.13. The summed E-state index contributed by atoms with van der Waals surface area (Å²) in [5.41, 5.74) is 1.70. The van der Waals surface area contributed by atoms with Gasteiger partial charge in [0.15, 0.2) is 0 Å². The predicted molar refractivity (Wildman–Crippen MR) is 119 cm³/mol. The zero-order valence-corrected chi connectivity index (χ0v) is 19.8. The Morgan fingerprint density at radius 1 is 1.07 bits per heavy atom. The maximum atomic E-state index is 13.4. The van der Waals surface area contributed by atoms with Crippen LogP contribution in [0.2, 0.25) is 0 Å². The van der Waals surface area contributed by atoms with E-state index in [4.69, 9.17) is 4.74 Å². The lowest BCUT2D eigenvalue weighted by Gasteiger charge is -2.38. The maximum Gasteiger partial charge on any atom is 0.309 e. The van der Waals surface area contributed by atoms with Crippen molar-refractivity contribution in [2.45, 2.75) is 105 Å². The molecule has 2 heteroatoms. The van der Waals surface area contributed by atoms with Crippen LogP contribution in [0.15, 0.2) is 11.6 Å². The lowest BCUT2D eigenvalue weighted by atomic mass is 9.69. The lowest BCUT2D eigenvalue weighted by molar-refractivity contribution is -0.168. The molecule has 0 N–H and O–H groups in total. The van der Waals surface area contributed by atoms with Gasteiger partial charge in [-0.05, 0) is 113 Å². The van der Waals surface area contributed by atoms with Crippen molar-refractivity contribution in [3.63, 3.8) is 0 Å². The summed E-state index contributed by atoms with van der Waals surface area (Å²) in [4.78, 5) is 13.4. The van der Waals surface area contributed by atoms with E-state index in [0.717, 1.165) is 55.3 Å². The summed E-state index contributed by atoms with van der Waals surface area (Å²) in [5.74, 6) is 4.74. The van der Waals surface area contributed by atoms with Gasteiger partial charge in [-0.3, -0.25) is 4.79 Å². The molecule has 2 bridgehead atoms. The number of allylic oxidation sites excluding steroid dienone is 2. The molecule has 7 unspecified atom stereocenters. The highest BCUT2D eigenvalue weighted by Gasteiger charge is 2.62. The Balaban J connectivity index is 1.53. The highest BCUT2D eigenvalue weighted by Crippen LogP contribution is 2.66. The lowest BCUT2D eigenvalue weighted by Crippen LogP contribution is -2.39. The SMILES string of the molecule is CCC1(OC(=O)C2CC3CC2C2C(CC(C)(C)C)CC(C=C(C)C)C32)CCCC1. The number of ether oxygens (including phenoxy) is 1. The van der Waals surface area contributed by atoms with E-state index in [0.29, 0.717) is 11.3 Å². The number of esters is 1. The number of rotatable bonds is 5. The van der Waals surface area contributed by atoms with E-state index in [1.165, 1.54) is 37.7 Å². The van der Waals surface area contributed by atoms with Gasteiger partial charge in [0.25, 0.3) is 0 Å². The van der Waals surface area contributed by atoms with Crippen molar-refractivity contribution < 1.29 is 9.53 Å². The summed E-state index contributed by atoms with van der Waals surface area (Å²) < 4.78 is 6.31. The van der Waals surface area contributed by atoms with E-state index >= 15 is 0 Å². The van der Waals surface area contributed by atoms with Crippen LogP contribution in [0.4, 0.5) is 0 Å². The first-order valence-electron chi connectivity index (χ1n) is 12.5. The van der Waals surface area contributed by atoms with Crippen molar-refractivity contribution in [2.24, 2.45) is 46.8 Å². The summed E-state index contributed by atoms with van der Waals surface area (Å²) in [5, 5.41) is 0. The predicted octanol–water partition coefficient (Wildman–Crippen LogP) is 7.18. The molecule has 0 aromatic heterocycles. The zero-order valence-electron chi connectivity index (χ0n) is 19.8. The van der Waals surface area contributed by atoms with E-state index in [1.807, 2.05) is 0 Å². The molecule has 0 amide bonds. The Bertz CT molecular complexity index is 644. The molecule has 164 valence electrons. The average Bonchev–Trinajstić information content (AvgIpc) is 3.36. The number of carbonyl (C=O) groups excluding carboxylic acids is 1. The minimum absolute atomic E-state index is 0.136. The van der Waals surface area contributed by atoms with Crippen LogP contribution in [0.3, 0.4) is 0 Å². The van der Waals surface area contributed by atoms with Gasteiger partial charge in [-0.2, -0.15) is 0 Å². The Morgan fingerprint density at radius 2 is 1.76 bits per heavy atom. The molecular weight excluding hydrogens is 356 g/mol. The Morgan fingerprint density at radius 3 is 2.34 bits per heavy atom. The molecule has 0 aliphatic heterocycles. The van der Waals surface area contributed by atoms with Crippen molar-refractivity contribution in [1.82, 2.24) is 0 Å². The fourth-order valence-corrected chi connectivity index (χ4v) is 8.13. The molecule has 4 fully saturated rings. The molecule has 2 nitrogen and oxygen atoms in total. The molecular formula is C27H44O2. The van der Waals surface area contributed by atoms with Gasteiger partial charge in [0.05, 0.1) is 5.92 Å². The Hall–Kier alpha value is -0.790. The van der Waals surface area contributed by atoms with E-state index < -0.39 is 0 Å². The van der Waals surface area contributed by atoms with Gasteiger partial charge >= 0.3 is 5.97 Å². The summed E-state index contributed by atoms with van der Waals surface area (Å²) in [7, 11) is 0. The Kier molecular flexibility index (Phi) is 5.71. The van der Waals surface area contributed by atoms with Crippen LogP contribution in [0.1, 0.15) is 99.3 Å². The Labute approximate surface area is 179 Å². The first kappa shape index (κ1) is 21.4. The van der Waals surface area contributed by atoms with Gasteiger partial charge < -0.3 is 4.74 Å². The number of carbonyl (C=O) groups is 1. The van der Waals surface area contributed by atoms with E-state index in [9.17, 15) is 4.79 Å². The first-order valence-corrected chi connectivity index (χ1v) is 12.5. The molecule has 0 saturated heterocycles. The molecule has 0 radical (unpaired) electrons. The van der Waals surface area contributed by atoms with E-state index in [2.05, 4.69) is 47.6 Å². The minimum Gasteiger partial charge on any atom is -0.459 e. The van der Waals surface area contributed by atoms with Gasteiger partial charge in [0.2, 0.25) is 0 Å². The fraction of sp³-hybridized carbons (Fsp3) is 0.889. The molecule has 0 heterocycles. The van der Waals surface area contributed by atoms with E-state index in [-0.39, 0.29) is 17.5 Å². The van der Waals surface area contributed by atoms with Crippen molar-refractivity contribution in [3.05, 3.63) is 11.6 Å². The molecule has 29 heavy (non-hydrogen) atoms. The van der Waals surface area contributed by atoms with Crippen molar-refractivity contribution in [3.8, 4) is 0 Å². The maximum absolute atomic E-state index is 13.4. The summed E-state index contributed by atoms with van der Waals surface area (Å²) in [6.45, 7) is 13.9. The smallest absolute Gasteiger partial charge is 0.309 e. The van der Waals surface area contributed by atoms with E-state index in [1.54, 1.807) is 0 Å². The van der Waals surface area contributed by atoms with Gasteiger partial charge in [0.1, 0.15) is 5.60 Å². The molecule has 7 atom stereocenters. The van der Waals surface area contributed by atoms with Crippen LogP contribution in [0, 0.1) is 46.8 Å². The third kappa shape index (κ3) is 4.07. The normalized spacial score (nSPS) is 40.1. The largest absolute Gasteiger partial charge is 0.459 e. The summed E-state index contributed by atoms with van der Waals surface area (Å²) in [6.07, 6.45) is 13.2. The number of hydrogen-bond donors (Lipinski definition) is 0. The third-order valence-electron chi connectivity index (χ3n) is 8.95. The van der Waals surface area contributed by atoms with Gasteiger partial charge in [-0.1, -0.05) is 39.3 Å². The second-order valence-electron chi connectivity index (χ2n) is 12.5. The van der Waals surface area contributed by atoms with Crippen molar-refractivity contribution in [2.75, 3.05) is 0 Å². The molecule has 0 spiro atoms. The molecule has 4 rings (SSSR count). The number of hydrogen-bond acceptors (Lipinski definition) is 2. The highest BCUT2D eigenvalue weighted by molar-refractivity contribution is 5.74. The molecule has 0 aromatic rings. The first-order chi connectivity index (χ1) is 13.6. The van der Waals surface area contributed by atoms with Crippen molar-refractivity contribution in [1.29, 1.82) is 0 Å². The molecule has 4 saturated carbocycles. The van der Waals surface area contributed by atoms with Crippen LogP contribution in [-0.4, -0.2) is 11.6 Å². The average molecular weight is 401 g/mol. The summed E-state index contributed by atoms with van der Waals surface area (Å²) in [6, 6.07) is 0. The van der Waals surface area contributed by atoms with Gasteiger partial charge in [-0.15, -0.1) is 0 Å². The zero-order chi connectivity index (χ0) is 21.0. The van der Waals surface area contributed by atoms with Crippen LogP contribution in [-0.2, 0) is 9.53 Å². The quantitative estimate of drug-likeness (QED) is 0.361. The van der Waals surface area contributed by atoms with Crippen LogP contribution >= 0.6 is 0 Å². The van der Waals surface area contributed by atoms with Gasteiger partial charge in [0, 0.05) is 0 Å². The molecule has 4 aliphatic carbocycles. The summed E-state index contributed by atoms with van der Waals surface area (Å²) >= 11 is 0. The second kappa shape index (κ2) is 7.72. The van der Waals surface area contributed by atoms with Crippen LogP contribution in [0.5, 0.6) is 0 Å².